The van der Waals surface area contributed by atoms with E-state index in [1.807, 2.05) is 12.1 Å². The van der Waals surface area contributed by atoms with Crippen LogP contribution < -0.4 is 5.32 Å². The van der Waals surface area contributed by atoms with Crippen LogP contribution in [0.5, 0.6) is 0 Å². The summed E-state index contributed by atoms with van der Waals surface area (Å²) in [4.78, 5) is 26.0. The molecule has 0 atom stereocenters. The highest BCUT2D eigenvalue weighted by atomic mass is 79.9. The minimum absolute atomic E-state index is 0.0332. The van der Waals surface area contributed by atoms with Crippen LogP contribution in [0.2, 0.25) is 0 Å². The minimum Gasteiger partial charge on any atom is -0.356 e. The first kappa shape index (κ1) is 15.7. The molecule has 0 unspecified atom stereocenters. The smallest absolute Gasteiger partial charge is 0.216 e. The van der Waals surface area contributed by atoms with Crippen molar-refractivity contribution in [3.05, 3.63) is 20.8 Å². The summed E-state index contributed by atoms with van der Waals surface area (Å²) in [6.07, 6.45) is 2.09. The molecule has 4 nitrogen and oxygen atoms in total. The van der Waals surface area contributed by atoms with Crippen molar-refractivity contribution in [2.24, 2.45) is 5.92 Å². The third-order valence-electron chi connectivity index (χ3n) is 3.56. The van der Waals surface area contributed by atoms with Gasteiger partial charge in [0.25, 0.3) is 0 Å². The van der Waals surface area contributed by atoms with Gasteiger partial charge in [-0.3, -0.25) is 14.5 Å². The van der Waals surface area contributed by atoms with Gasteiger partial charge in [-0.1, -0.05) is 0 Å². The van der Waals surface area contributed by atoms with E-state index in [2.05, 4.69) is 26.1 Å². The Labute approximate surface area is 131 Å². The topological polar surface area (TPSA) is 49.4 Å². The van der Waals surface area contributed by atoms with Gasteiger partial charge >= 0.3 is 0 Å². The SMILES string of the molecule is CC(=O)NCC1CCN(CC(=O)c2ccc(Br)s2)CC1. The van der Waals surface area contributed by atoms with Crippen LogP contribution in [0, 0.1) is 5.92 Å². The van der Waals surface area contributed by atoms with E-state index in [1.54, 1.807) is 6.92 Å². The first-order valence-corrected chi connectivity index (χ1v) is 8.41. The predicted molar refractivity (Wildman–Crippen MR) is 84.2 cm³/mol. The van der Waals surface area contributed by atoms with Crippen LogP contribution in [0.4, 0.5) is 0 Å². The van der Waals surface area contributed by atoms with Crippen molar-refractivity contribution in [1.82, 2.24) is 10.2 Å². The van der Waals surface area contributed by atoms with Crippen molar-refractivity contribution in [3.8, 4) is 0 Å². The van der Waals surface area contributed by atoms with Gasteiger partial charge in [-0.05, 0) is 59.9 Å². The Bertz CT molecular complexity index is 481. The van der Waals surface area contributed by atoms with Gasteiger partial charge in [-0.2, -0.15) is 0 Å². The molecule has 6 heteroatoms. The molecular formula is C14H19BrN2O2S. The summed E-state index contributed by atoms with van der Waals surface area (Å²) in [5.41, 5.74) is 0. The predicted octanol–water partition coefficient (Wildman–Crippen LogP) is 2.54. The lowest BCUT2D eigenvalue weighted by Gasteiger charge is -2.31. The first-order valence-electron chi connectivity index (χ1n) is 6.80. The number of amides is 1. The summed E-state index contributed by atoms with van der Waals surface area (Å²) in [6, 6.07) is 3.79. The molecule has 0 radical (unpaired) electrons. The van der Waals surface area contributed by atoms with Crippen LogP contribution in [0.3, 0.4) is 0 Å². The van der Waals surface area contributed by atoms with Crippen molar-refractivity contribution >= 4 is 39.0 Å². The zero-order chi connectivity index (χ0) is 14.5. The number of halogens is 1. The molecule has 0 spiro atoms. The van der Waals surface area contributed by atoms with Crippen LogP contribution in [0.15, 0.2) is 15.9 Å². The summed E-state index contributed by atoms with van der Waals surface area (Å²) in [5.74, 6) is 0.771. The highest BCUT2D eigenvalue weighted by molar-refractivity contribution is 9.11. The van der Waals surface area contributed by atoms with Gasteiger partial charge in [0.1, 0.15) is 0 Å². The molecule has 1 saturated heterocycles. The van der Waals surface area contributed by atoms with Gasteiger partial charge in [0, 0.05) is 13.5 Å². The molecule has 20 heavy (non-hydrogen) atoms. The Morgan fingerprint density at radius 3 is 2.65 bits per heavy atom. The Kier molecular flexibility index (Phi) is 5.74. The number of thiophene rings is 1. The first-order chi connectivity index (χ1) is 9.54. The number of rotatable bonds is 5. The molecule has 2 rings (SSSR count). The molecular weight excluding hydrogens is 340 g/mol. The van der Waals surface area contributed by atoms with E-state index in [4.69, 9.17) is 0 Å². The number of likely N-dealkylation sites (tertiary alicyclic amines) is 1. The number of nitrogens with one attached hydrogen (secondary N) is 1. The zero-order valence-corrected chi connectivity index (χ0v) is 13.9. The van der Waals surface area contributed by atoms with E-state index in [0.29, 0.717) is 12.5 Å². The van der Waals surface area contributed by atoms with Gasteiger partial charge in [0.05, 0.1) is 15.2 Å². The Morgan fingerprint density at radius 1 is 1.40 bits per heavy atom. The molecule has 1 aromatic heterocycles. The molecule has 0 aliphatic carbocycles. The summed E-state index contributed by atoms with van der Waals surface area (Å²) in [7, 11) is 0. The Hall–Kier alpha value is -0.720. The van der Waals surface area contributed by atoms with Crippen molar-refractivity contribution in [1.29, 1.82) is 0 Å². The standard InChI is InChI=1S/C14H19BrN2O2S/c1-10(18)16-8-11-4-6-17(7-5-11)9-12(19)13-2-3-14(15)20-13/h2-3,11H,4-9H2,1H3,(H,16,18). The fraction of sp³-hybridized carbons (Fsp3) is 0.571. The number of hydrogen-bond acceptors (Lipinski definition) is 4. The minimum atomic E-state index is 0.0332. The molecule has 2 heterocycles. The van der Waals surface area contributed by atoms with Crippen molar-refractivity contribution in [2.45, 2.75) is 19.8 Å². The lowest BCUT2D eigenvalue weighted by molar-refractivity contribution is -0.119. The van der Waals surface area contributed by atoms with Crippen molar-refractivity contribution < 1.29 is 9.59 Å². The Balaban J connectivity index is 1.74. The largest absolute Gasteiger partial charge is 0.356 e. The molecule has 0 aromatic carbocycles. The van der Waals surface area contributed by atoms with Crippen LogP contribution in [-0.4, -0.2) is 42.8 Å². The third-order valence-corrected chi connectivity index (χ3v) is 5.23. The number of carbonyl (C=O) groups excluding carboxylic acids is 2. The number of nitrogens with zero attached hydrogens (tertiary/aromatic N) is 1. The maximum absolute atomic E-state index is 12.1. The summed E-state index contributed by atoms with van der Waals surface area (Å²) < 4.78 is 0.995. The number of hydrogen-bond donors (Lipinski definition) is 1. The quantitative estimate of drug-likeness (QED) is 0.822. The normalized spacial score (nSPS) is 17.1. The molecule has 1 aromatic rings. The summed E-state index contributed by atoms with van der Waals surface area (Å²) >= 11 is 4.87. The van der Waals surface area contributed by atoms with Crippen molar-refractivity contribution in [2.75, 3.05) is 26.2 Å². The van der Waals surface area contributed by atoms with Crippen LogP contribution >= 0.6 is 27.3 Å². The maximum atomic E-state index is 12.1. The highest BCUT2D eigenvalue weighted by Crippen LogP contribution is 2.23. The highest BCUT2D eigenvalue weighted by Gasteiger charge is 2.21. The summed E-state index contributed by atoms with van der Waals surface area (Å²) in [5, 5.41) is 2.87. The monoisotopic (exact) mass is 358 g/mol. The molecule has 1 N–H and O–H groups in total. The fourth-order valence-corrected chi connectivity index (χ4v) is 3.70. The Morgan fingerprint density at radius 2 is 2.10 bits per heavy atom. The van der Waals surface area contributed by atoms with E-state index >= 15 is 0 Å². The average Bonchev–Trinajstić information content (AvgIpc) is 2.85. The maximum Gasteiger partial charge on any atom is 0.216 e. The molecule has 1 amide bonds. The van der Waals surface area contributed by atoms with E-state index in [-0.39, 0.29) is 11.7 Å². The van der Waals surface area contributed by atoms with Gasteiger partial charge in [0.2, 0.25) is 5.91 Å². The molecule has 0 bridgehead atoms. The van der Waals surface area contributed by atoms with Gasteiger partial charge in [-0.25, -0.2) is 0 Å². The van der Waals surface area contributed by atoms with E-state index in [0.717, 1.165) is 41.1 Å². The second-order valence-electron chi connectivity index (χ2n) is 5.18. The third kappa shape index (κ3) is 4.68. The number of ketones is 1. The molecule has 0 saturated carbocycles. The lowest BCUT2D eigenvalue weighted by atomic mass is 9.96. The number of carbonyl (C=O) groups is 2. The second kappa shape index (κ2) is 7.33. The average molecular weight is 359 g/mol. The lowest BCUT2D eigenvalue weighted by Crippen LogP contribution is -2.40. The van der Waals surface area contributed by atoms with E-state index in [1.165, 1.54) is 11.3 Å². The fourth-order valence-electron chi connectivity index (χ4n) is 2.38. The van der Waals surface area contributed by atoms with Gasteiger partial charge in [0.15, 0.2) is 5.78 Å². The van der Waals surface area contributed by atoms with E-state index in [9.17, 15) is 9.59 Å². The second-order valence-corrected chi connectivity index (χ2v) is 7.65. The van der Waals surface area contributed by atoms with Crippen molar-refractivity contribution in [3.63, 3.8) is 0 Å². The number of Topliss-reactive ketones (excluding diaryl/α,β-unsaturated/α-hetero) is 1. The van der Waals surface area contributed by atoms with E-state index < -0.39 is 0 Å². The molecule has 1 fully saturated rings. The summed E-state index contributed by atoms with van der Waals surface area (Å²) in [6.45, 7) is 4.67. The van der Waals surface area contributed by atoms with Crippen LogP contribution in [-0.2, 0) is 4.79 Å². The zero-order valence-electron chi connectivity index (χ0n) is 11.5. The van der Waals surface area contributed by atoms with Gasteiger partial charge < -0.3 is 5.32 Å². The molecule has 1 aliphatic rings. The van der Waals surface area contributed by atoms with Crippen LogP contribution in [0.25, 0.3) is 0 Å². The number of piperidine rings is 1. The molecule has 110 valence electrons. The van der Waals surface area contributed by atoms with Gasteiger partial charge in [-0.15, -0.1) is 11.3 Å². The van der Waals surface area contributed by atoms with Crippen LogP contribution in [0.1, 0.15) is 29.4 Å². The molecule has 1 aliphatic heterocycles.